The highest BCUT2D eigenvalue weighted by Gasteiger charge is 2.29. The van der Waals surface area contributed by atoms with Crippen LogP contribution in [0.5, 0.6) is 0 Å². The van der Waals surface area contributed by atoms with Gasteiger partial charge in [0.25, 0.3) is 0 Å². The molecule has 1 heterocycles. The average Bonchev–Trinajstić information content (AvgIpc) is 2.03. The lowest BCUT2D eigenvalue weighted by atomic mass is 9.98. The first kappa shape index (κ1) is 8.49. The molecule has 0 radical (unpaired) electrons. The molecule has 0 saturated carbocycles. The van der Waals surface area contributed by atoms with Crippen LogP contribution < -0.4 is 5.32 Å². The SMILES string of the molecule is COC(=O)[C@H]1C[NH2+]C[C@H](O)C1. The molecule has 0 amide bonds. The van der Waals surface area contributed by atoms with Crippen molar-refractivity contribution >= 4 is 5.97 Å². The van der Waals surface area contributed by atoms with E-state index in [2.05, 4.69) is 4.74 Å². The predicted molar refractivity (Wildman–Crippen MR) is 37.8 cm³/mol. The third-order valence-electron chi connectivity index (χ3n) is 1.98. The Morgan fingerprint density at radius 2 is 2.36 bits per heavy atom. The van der Waals surface area contributed by atoms with Gasteiger partial charge in [-0.3, -0.25) is 4.79 Å². The molecule has 0 spiro atoms. The molecule has 3 N–H and O–H groups in total. The van der Waals surface area contributed by atoms with Gasteiger partial charge in [0.05, 0.1) is 13.7 Å². The van der Waals surface area contributed by atoms with Crippen molar-refractivity contribution in [3.8, 4) is 0 Å². The van der Waals surface area contributed by atoms with Crippen LogP contribution in [0.3, 0.4) is 0 Å². The summed E-state index contributed by atoms with van der Waals surface area (Å²) in [6.45, 7) is 1.44. The molecule has 4 heteroatoms. The van der Waals surface area contributed by atoms with E-state index in [0.29, 0.717) is 13.0 Å². The maximum atomic E-state index is 11.0. The highest BCUT2D eigenvalue weighted by atomic mass is 16.5. The number of quaternary nitrogens is 1. The van der Waals surface area contributed by atoms with E-state index < -0.39 is 0 Å². The molecule has 4 nitrogen and oxygen atoms in total. The Bertz CT molecular complexity index is 149. The number of nitrogens with two attached hydrogens (primary N) is 1. The topological polar surface area (TPSA) is 63.1 Å². The van der Waals surface area contributed by atoms with E-state index in [4.69, 9.17) is 0 Å². The Morgan fingerprint density at radius 1 is 1.64 bits per heavy atom. The molecule has 2 atom stereocenters. The summed E-state index contributed by atoms with van der Waals surface area (Å²) in [5.41, 5.74) is 0. The van der Waals surface area contributed by atoms with Crippen LogP contribution in [0.25, 0.3) is 0 Å². The van der Waals surface area contributed by atoms with Crippen LogP contribution in [0.15, 0.2) is 0 Å². The van der Waals surface area contributed by atoms with Gasteiger partial charge in [0.2, 0.25) is 0 Å². The number of hydrogen-bond donors (Lipinski definition) is 2. The molecule has 64 valence electrons. The van der Waals surface area contributed by atoms with Crippen molar-refractivity contribution in [1.82, 2.24) is 0 Å². The molecule has 11 heavy (non-hydrogen) atoms. The summed E-state index contributed by atoms with van der Waals surface area (Å²) in [5, 5.41) is 11.1. The van der Waals surface area contributed by atoms with Crippen LogP contribution in [0, 0.1) is 5.92 Å². The second-order valence-electron chi connectivity index (χ2n) is 2.87. The molecule has 1 fully saturated rings. The Labute approximate surface area is 65.5 Å². The van der Waals surface area contributed by atoms with Gasteiger partial charge in [-0.05, 0) is 6.42 Å². The summed E-state index contributed by atoms with van der Waals surface area (Å²) >= 11 is 0. The second kappa shape index (κ2) is 3.69. The van der Waals surface area contributed by atoms with E-state index in [1.165, 1.54) is 7.11 Å². The number of esters is 1. The number of piperidine rings is 1. The number of ether oxygens (including phenoxy) is 1. The zero-order valence-corrected chi connectivity index (χ0v) is 6.62. The van der Waals surface area contributed by atoms with Crippen LogP contribution in [0.2, 0.25) is 0 Å². The van der Waals surface area contributed by atoms with Gasteiger partial charge >= 0.3 is 5.97 Å². The maximum absolute atomic E-state index is 11.0. The molecule has 1 aliphatic heterocycles. The fraction of sp³-hybridized carbons (Fsp3) is 0.857. The first-order chi connectivity index (χ1) is 5.24. The van der Waals surface area contributed by atoms with E-state index in [1.807, 2.05) is 5.32 Å². The molecular weight excluding hydrogens is 146 g/mol. The Kier molecular flexibility index (Phi) is 2.84. The molecule has 0 aromatic heterocycles. The lowest BCUT2D eigenvalue weighted by molar-refractivity contribution is -0.674. The standard InChI is InChI=1S/C7H13NO3/c1-11-7(10)5-2-6(9)4-8-3-5/h5-6,8-9H,2-4H2,1H3/p+1/t5-,6-/m1/s1. The van der Waals surface area contributed by atoms with Gasteiger partial charge in [-0.2, -0.15) is 0 Å². The maximum Gasteiger partial charge on any atom is 0.314 e. The molecule has 1 aliphatic rings. The van der Waals surface area contributed by atoms with Crippen molar-refractivity contribution in [1.29, 1.82) is 0 Å². The highest BCUT2D eigenvalue weighted by Crippen LogP contribution is 2.08. The van der Waals surface area contributed by atoms with Gasteiger partial charge in [0.1, 0.15) is 18.6 Å². The molecular formula is C7H14NO3+. The minimum Gasteiger partial charge on any atom is -0.469 e. The molecule has 0 aromatic carbocycles. The zero-order chi connectivity index (χ0) is 8.27. The molecule has 1 rings (SSSR count). The van der Waals surface area contributed by atoms with E-state index in [1.54, 1.807) is 0 Å². The van der Waals surface area contributed by atoms with E-state index >= 15 is 0 Å². The van der Waals surface area contributed by atoms with Crippen LogP contribution in [-0.4, -0.2) is 37.4 Å². The van der Waals surface area contributed by atoms with Crippen LogP contribution in [0.4, 0.5) is 0 Å². The summed E-state index contributed by atoms with van der Waals surface area (Å²) in [7, 11) is 1.38. The lowest BCUT2D eigenvalue weighted by Gasteiger charge is -2.21. The third-order valence-corrected chi connectivity index (χ3v) is 1.98. The number of aliphatic hydroxyl groups excluding tert-OH is 1. The van der Waals surface area contributed by atoms with Gasteiger partial charge < -0.3 is 15.2 Å². The fourth-order valence-electron chi connectivity index (χ4n) is 1.37. The van der Waals surface area contributed by atoms with Crippen molar-refractivity contribution in [3.63, 3.8) is 0 Å². The molecule has 1 saturated heterocycles. The minimum absolute atomic E-state index is 0.122. The van der Waals surface area contributed by atoms with E-state index in [-0.39, 0.29) is 18.0 Å². The van der Waals surface area contributed by atoms with Gasteiger partial charge in [0.15, 0.2) is 0 Å². The van der Waals surface area contributed by atoms with Crippen LogP contribution >= 0.6 is 0 Å². The Morgan fingerprint density at radius 3 is 2.91 bits per heavy atom. The molecule has 0 bridgehead atoms. The van der Waals surface area contributed by atoms with Crippen molar-refractivity contribution < 1.29 is 20.0 Å². The summed E-state index contributed by atoms with van der Waals surface area (Å²) in [4.78, 5) is 11.0. The third kappa shape index (κ3) is 2.17. The Hall–Kier alpha value is -0.610. The summed E-state index contributed by atoms with van der Waals surface area (Å²) in [6, 6.07) is 0. The van der Waals surface area contributed by atoms with E-state index in [9.17, 15) is 9.90 Å². The zero-order valence-electron chi connectivity index (χ0n) is 6.62. The average molecular weight is 160 g/mol. The summed E-state index contributed by atoms with van der Waals surface area (Å²) in [6.07, 6.45) is 0.191. The number of hydrogen-bond acceptors (Lipinski definition) is 3. The first-order valence-electron chi connectivity index (χ1n) is 3.81. The predicted octanol–water partition coefficient (Wildman–Crippen LogP) is -1.90. The van der Waals surface area contributed by atoms with Crippen LogP contribution in [0.1, 0.15) is 6.42 Å². The van der Waals surface area contributed by atoms with Crippen molar-refractivity contribution in [2.75, 3.05) is 20.2 Å². The highest BCUT2D eigenvalue weighted by molar-refractivity contribution is 5.72. The number of carbonyl (C=O) groups excluding carboxylic acids is 1. The van der Waals surface area contributed by atoms with Crippen molar-refractivity contribution in [3.05, 3.63) is 0 Å². The van der Waals surface area contributed by atoms with Gasteiger partial charge in [0, 0.05) is 0 Å². The smallest absolute Gasteiger partial charge is 0.314 e. The first-order valence-corrected chi connectivity index (χ1v) is 3.81. The number of rotatable bonds is 1. The van der Waals surface area contributed by atoms with Crippen LogP contribution in [-0.2, 0) is 9.53 Å². The van der Waals surface area contributed by atoms with Gasteiger partial charge in [-0.15, -0.1) is 0 Å². The normalized spacial score (nSPS) is 31.5. The monoisotopic (exact) mass is 160 g/mol. The molecule has 0 unspecified atom stereocenters. The molecule has 0 aromatic rings. The largest absolute Gasteiger partial charge is 0.469 e. The van der Waals surface area contributed by atoms with Gasteiger partial charge in [-0.1, -0.05) is 0 Å². The Balaban J connectivity index is 2.39. The lowest BCUT2D eigenvalue weighted by Crippen LogP contribution is -2.90. The number of methoxy groups -OCH3 is 1. The second-order valence-corrected chi connectivity index (χ2v) is 2.87. The van der Waals surface area contributed by atoms with Crippen molar-refractivity contribution in [2.24, 2.45) is 5.92 Å². The van der Waals surface area contributed by atoms with Crippen molar-refractivity contribution in [2.45, 2.75) is 12.5 Å². The summed E-state index contributed by atoms with van der Waals surface area (Å²) in [5.74, 6) is -0.330. The van der Waals surface area contributed by atoms with E-state index in [0.717, 1.165) is 6.54 Å². The summed E-state index contributed by atoms with van der Waals surface area (Å²) < 4.78 is 4.57. The quantitative estimate of drug-likeness (QED) is 0.441. The fourth-order valence-corrected chi connectivity index (χ4v) is 1.37. The number of carbonyl (C=O) groups is 1. The number of aliphatic hydroxyl groups is 1. The molecule has 0 aliphatic carbocycles. The minimum atomic E-state index is -0.354. The van der Waals surface area contributed by atoms with Gasteiger partial charge in [-0.25, -0.2) is 0 Å².